The maximum absolute atomic E-state index is 13.1. The van der Waals surface area contributed by atoms with Crippen LogP contribution in [0, 0.1) is 0 Å². The maximum Gasteiger partial charge on any atom is 0.218 e. The van der Waals surface area contributed by atoms with Crippen molar-refractivity contribution >= 4 is 10.0 Å². The summed E-state index contributed by atoms with van der Waals surface area (Å²) in [6, 6.07) is 17.1. The lowest BCUT2D eigenvalue weighted by Crippen LogP contribution is -2.35. The van der Waals surface area contributed by atoms with Crippen LogP contribution in [0.2, 0.25) is 0 Å². The Labute approximate surface area is 150 Å². The van der Waals surface area contributed by atoms with Gasteiger partial charge in [0.05, 0.1) is 12.9 Å². The molecule has 0 N–H and O–H groups in total. The summed E-state index contributed by atoms with van der Waals surface area (Å²) >= 11 is 0. The zero-order chi connectivity index (χ0) is 17.7. The van der Waals surface area contributed by atoms with Crippen LogP contribution in [0.1, 0.15) is 42.9 Å². The summed E-state index contributed by atoms with van der Waals surface area (Å²) < 4.78 is 33.2. The second-order valence-corrected chi connectivity index (χ2v) is 8.41. The molecule has 4 nitrogen and oxygen atoms in total. The van der Waals surface area contributed by atoms with Crippen LogP contribution in [0.3, 0.4) is 0 Å². The average Bonchev–Trinajstić information content (AvgIpc) is 2.89. The Morgan fingerprint density at radius 3 is 2.40 bits per heavy atom. The third kappa shape index (κ3) is 4.41. The van der Waals surface area contributed by atoms with Crippen molar-refractivity contribution in [2.45, 2.75) is 37.5 Å². The summed E-state index contributed by atoms with van der Waals surface area (Å²) in [6.45, 7) is 0.589. The van der Waals surface area contributed by atoms with E-state index in [-0.39, 0.29) is 11.8 Å². The Kier molecular flexibility index (Phi) is 5.76. The van der Waals surface area contributed by atoms with Crippen molar-refractivity contribution in [2.24, 2.45) is 0 Å². The molecule has 1 aliphatic heterocycles. The third-order valence-corrected chi connectivity index (χ3v) is 6.60. The van der Waals surface area contributed by atoms with Gasteiger partial charge in [-0.25, -0.2) is 8.42 Å². The van der Waals surface area contributed by atoms with Gasteiger partial charge in [0.25, 0.3) is 0 Å². The predicted octanol–water partition coefficient (Wildman–Crippen LogP) is 4.14. The van der Waals surface area contributed by atoms with Gasteiger partial charge >= 0.3 is 0 Å². The lowest BCUT2D eigenvalue weighted by Gasteiger charge is -2.29. The summed E-state index contributed by atoms with van der Waals surface area (Å²) in [4.78, 5) is 0. The number of benzene rings is 2. The summed E-state index contributed by atoms with van der Waals surface area (Å²) in [5.74, 6) is 0.844. The maximum atomic E-state index is 13.1. The number of ether oxygens (including phenoxy) is 1. The van der Waals surface area contributed by atoms with Gasteiger partial charge in [0, 0.05) is 12.6 Å². The number of hydrogen-bond donors (Lipinski definition) is 0. The van der Waals surface area contributed by atoms with E-state index in [1.807, 2.05) is 54.6 Å². The fraction of sp³-hybridized carbons (Fsp3) is 0.400. The predicted molar refractivity (Wildman–Crippen MR) is 100.0 cm³/mol. The molecule has 0 unspecified atom stereocenters. The highest BCUT2D eigenvalue weighted by molar-refractivity contribution is 7.88. The monoisotopic (exact) mass is 359 g/mol. The highest BCUT2D eigenvalue weighted by atomic mass is 32.2. The molecule has 1 aliphatic rings. The van der Waals surface area contributed by atoms with Gasteiger partial charge in [0.1, 0.15) is 5.75 Å². The molecule has 134 valence electrons. The van der Waals surface area contributed by atoms with E-state index in [2.05, 4.69) is 0 Å². The van der Waals surface area contributed by atoms with Crippen LogP contribution in [-0.2, 0) is 15.8 Å². The van der Waals surface area contributed by atoms with Crippen molar-refractivity contribution < 1.29 is 13.2 Å². The van der Waals surface area contributed by atoms with Crippen LogP contribution in [-0.4, -0.2) is 26.4 Å². The Morgan fingerprint density at radius 1 is 1.00 bits per heavy atom. The SMILES string of the molecule is COc1ccc([C@H]2CCCCCN2S(=O)(=O)Cc2ccccc2)cc1. The van der Waals surface area contributed by atoms with Crippen LogP contribution in [0.4, 0.5) is 0 Å². The molecule has 0 radical (unpaired) electrons. The van der Waals surface area contributed by atoms with E-state index >= 15 is 0 Å². The molecular weight excluding hydrogens is 334 g/mol. The van der Waals surface area contributed by atoms with E-state index in [1.165, 1.54) is 0 Å². The van der Waals surface area contributed by atoms with Crippen molar-refractivity contribution in [3.63, 3.8) is 0 Å². The van der Waals surface area contributed by atoms with Gasteiger partial charge in [-0.2, -0.15) is 4.31 Å². The van der Waals surface area contributed by atoms with Gasteiger partial charge in [-0.1, -0.05) is 55.3 Å². The summed E-state index contributed by atoms with van der Waals surface area (Å²) in [7, 11) is -1.73. The highest BCUT2D eigenvalue weighted by Gasteiger charge is 2.32. The molecule has 3 rings (SSSR count). The number of hydrogen-bond acceptors (Lipinski definition) is 3. The largest absolute Gasteiger partial charge is 0.497 e. The molecule has 0 aliphatic carbocycles. The second kappa shape index (κ2) is 8.02. The molecule has 1 fully saturated rings. The molecule has 1 saturated heterocycles. The quantitative estimate of drug-likeness (QED) is 0.806. The van der Waals surface area contributed by atoms with Crippen LogP contribution >= 0.6 is 0 Å². The number of sulfonamides is 1. The van der Waals surface area contributed by atoms with Crippen LogP contribution in [0.5, 0.6) is 5.75 Å². The van der Waals surface area contributed by atoms with Gasteiger partial charge in [0.2, 0.25) is 10.0 Å². The molecule has 1 atom stereocenters. The lowest BCUT2D eigenvalue weighted by molar-refractivity contribution is 0.328. The molecule has 0 aromatic heterocycles. The van der Waals surface area contributed by atoms with Gasteiger partial charge in [-0.05, 0) is 36.1 Å². The second-order valence-electron chi connectivity index (χ2n) is 6.49. The summed E-state index contributed by atoms with van der Waals surface area (Å²) in [6.07, 6.45) is 3.90. The molecule has 25 heavy (non-hydrogen) atoms. The summed E-state index contributed by atoms with van der Waals surface area (Å²) in [5.41, 5.74) is 1.87. The molecule has 5 heteroatoms. The van der Waals surface area contributed by atoms with Gasteiger partial charge in [-0.3, -0.25) is 0 Å². The average molecular weight is 359 g/mol. The fourth-order valence-electron chi connectivity index (χ4n) is 3.44. The standard InChI is InChI=1S/C20H25NO3S/c1-24-19-13-11-18(12-14-19)20-10-6-3-7-15-21(20)25(22,23)16-17-8-4-2-5-9-17/h2,4-5,8-9,11-14,20H,3,6-7,10,15-16H2,1H3/t20-/m1/s1. The van der Waals surface area contributed by atoms with Gasteiger partial charge < -0.3 is 4.74 Å². The number of rotatable bonds is 5. The smallest absolute Gasteiger partial charge is 0.218 e. The minimum absolute atomic E-state index is 0.0560. The van der Waals surface area contributed by atoms with E-state index in [1.54, 1.807) is 11.4 Å². The number of methoxy groups -OCH3 is 1. The fourth-order valence-corrected chi connectivity index (χ4v) is 5.24. The Hall–Kier alpha value is -1.85. The molecule has 0 bridgehead atoms. The van der Waals surface area contributed by atoms with E-state index in [0.717, 1.165) is 42.6 Å². The van der Waals surface area contributed by atoms with Crippen molar-refractivity contribution in [3.05, 3.63) is 65.7 Å². The minimum atomic E-state index is -3.37. The molecule has 0 spiro atoms. The van der Waals surface area contributed by atoms with Gasteiger partial charge in [0.15, 0.2) is 0 Å². The first-order chi connectivity index (χ1) is 12.1. The molecule has 0 saturated carbocycles. The van der Waals surface area contributed by atoms with Crippen molar-refractivity contribution in [1.82, 2.24) is 4.31 Å². The normalized spacial score (nSPS) is 19.3. The molecule has 1 heterocycles. The van der Waals surface area contributed by atoms with E-state index < -0.39 is 10.0 Å². The van der Waals surface area contributed by atoms with Crippen molar-refractivity contribution in [3.8, 4) is 5.75 Å². The molecule has 2 aromatic rings. The van der Waals surface area contributed by atoms with Crippen molar-refractivity contribution in [1.29, 1.82) is 0 Å². The Morgan fingerprint density at radius 2 is 1.72 bits per heavy atom. The zero-order valence-corrected chi connectivity index (χ0v) is 15.4. The van der Waals surface area contributed by atoms with E-state index in [9.17, 15) is 8.42 Å². The van der Waals surface area contributed by atoms with E-state index in [0.29, 0.717) is 6.54 Å². The molecule has 2 aromatic carbocycles. The Bertz CT molecular complexity index is 772. The highest BCUT2D eigenvalue weighted by Crippen LogP contribution is 2.34. The first-order valence-electron chi connectivity index (χ1n) is 8.77. The Balaban J connectivity index is 1.89. The third-order valence-electron chi connectivity index (χ3n) is 4.75. The van der Waals surface area contributed by atoms with Crippen LogP contribution in [0.15, 0.2) is 54.6 Å². The minimum Gasteiger partial charge on any atom is -0.497 e. The first-order valence-corrected chi connectivity index (χ1v) is 10.4. The van der Waals surface area contributed by atoms with Gasteiger partial charge in [-0.15, -0.1) is 0 Å². The summed E-state index contributed by atoms with van der Waals surface area (Å²) in [5, 5.41) is 0. The van der Waals surface area contributed by atoms with E-state index in [4.69, 9.17) is 4.74 Å². The molecule has 0 amide bonds. The van der Waals surface area contributed by atoms with Crippen LogP contribution in [0.25, 0.3) is 0 Å². The molecular formula is C20H25NO3S. The zero-order valence-electron chi connectivity index (χ0n) is 14.6. The topological polar surface area (TPSA) is 46.6 Å². The van der Waals surface area contributed by atoms with Crippen molar-refractivity contribution in [2.75, 3.05) is 13.7 Å². The number of nitrogens with zero attached hydrogens (tertiary/aromatic N) is 1. The first kappa shape index (κ1) is 18.0. The lowest BCUT2D eigenvalue weighted by atomic mass is 10.0. The van der Waals surface area contributed by atoms with Crippen LogP contribution < -0.4 is 4.74 Å².